The SMILES string of the molecule is Cc1ccc(F)cc1CNc1ccc(I)cc1Br. The molecule has 2 rings (SSSR count). The van der Waals surface area contributed by atoms with E-state index in [9.17, 15) is 4.39 Å². The summed E-state index contributed by atoms with van der Waals surface area (Å²) < 4.78 is 15.4. The Balaban J connectivity index is 2.13. The molecule has 18 heavy (non-hydrogen) atoms. The fraction of sp³-hybridized carbons (Fsp3) is 0.143. The molecule has 0 aromatic heterocycles. The summed E-state index contributed by atoms with van der Waals surface area (Å²) in [5, 5.41) is 3.31. The number of rotatable bonds is 3. The van der Waals surface area contributed by atoms with Gasteiger partial charge in [0.2, 0.25) is 0 Å². The summed E-state index contributed by atoms with van der Waals surface area (Å²) in [5.41, 5.74) is 3.07. The van der Waals surface area contributed by atoms with Crippen LogP contribution in [0.2, 0.25) is 0 Å². The zero-order valence-corrected chi connectivity index (χ0v) is 13.5. The first kappa shape index (κ1) is 13.8. The summed E-state index contributed by atoms with van der Waals surface area (Å²) in [6.45, 7) is 2.60. The second-order valence-corrected chi connectivity index (χ2v) is 6.15. The summed E-state index contributed by atoms with van der Waals surface area (Å²) in [6.07, 6.45) is 0. The zero-order chi connectivity index (χ0) is 13.1. The van der Waals surface area contributed by atoms with Crippen LogP contribution in [0.5, 0.6) is 0 Å². The van der Waals surface area contributed by atoms with Gasteiger partial charge in [-0.25, -0.2) is 4.39 Å². The second-order valence-electron chi connectivity index (χ2n) is 4.05. The number of halogens is 3. The van der Waals surface area contributed by atoms with Gasteiger partial charge in [0.25, 0.3) is 0 Å². The van der Waals surface area contributed by atoms with Crippen molar-refractivity contribution < 1.29 is 4.39 Å². The van der Waals surface area contributed by atoms with Crippen LogP contribution in [0, 0.1) is 16.3 Å². The van der Waals surface area contributed by atoms with Gasteiger partial charge in [0, 0.05) is 20.3 Å². The summed E-state index contributed by atoms with van der Waals surface area (Å²) in [7, 11) is 0. The van der Waals surface area contributed by atoms with E-state index in [2.05, 4.69) is 43.8 Å². The number of benzene rings is 2. The predicted molar refractivity (Wildman–Crippen MR) is 85.3 cm³/mol. The predicted octanol–water partition coefficient (Wildman–Crippen LogP) is 5.11. The van der Waals surface area contributed by atoms with Crippen LogP contribution in [0.15, 0.2) is 40.9 Å². The maximum absolute atomic E-state index is 13.2. The maximum Gasteiger partial charge on any atom is 0.123 e. The molecular weight excluding hydrogens is 408 g/mol. The third-order valence-corrected chi connectivity index (χ3v) is 4.04. The van der Waals surface area contributed by atoms with E-state index in [4.69, 9.17) is 0 Å². The van der Waals surface area contributed by atoms with Crippen LogP contribution in [0.3, 0.4) is 0 Å². The fourth-order valence-corrected chi connectivity index (χ4v) is 3.09. The number of nitrogens with one attached hydrogen (secondary N) is 1. The lowest BCUT2D eigenvalue weighted by Gasteiger charge is -2.11. The van der Waals surface area contributed by atoms with E-state index in [-0.39, 0.29) is 5.82 Å². The molecule has 0 saturated carbocycles. The first-order chi connectivity index (χ1) is 8.56. The fourth-order valence-electron chi connectivity index (χ4n) is 1.65. The van der Waals surface area contributed by atoms with Gasteiger partial charge < -0.3 is 5.32 Å². The standard InChI is InChI=1S/C14H12BrFIN/c1-9-2-3-11(16)6-10(9)8-18-14-5-4-12(17)7-13(14)15/h2-7,18H,8H2,1H3. The van der Waals surface area contributed by atoms with Gasteiger partial charge in [-0.15, -0.1) is 0 Å². The van der Waals surface area contributed by atoms with Gasteiger partial charge in [0.05, 0.1) is 0 Å². The van der Waals surface area contributed by atoms with Crippen molar-refractivity contribution in [3.63, 3.8) is 0 Å². The molecule has 0 aliphatic heterocycles. The van der Waals surface area contributed by atoms with Crippen molar-refractivity contribution >= 4 is 44.2 Å². The highest BCUT2D eigenvalue weighted by atomic mass is 127. The molecule has 2 aromatic carbocycles. The highest BCUT2D eigenvalue weighted by molar-refractivity contribution is 14.1. The van der Waals surface area contributed by atoms with E-state index in [1.54, 1.807) is 12.1 Å². The summed E-state index contributed by atoms with van der Waals surface area (Å²) >= 11 is 5.78. The summed E-state index contributed by atoms with van der Waals surface area (Å²) in [6, 6.07) is 11.0. The van der Waals surface area contributed by atoms with Gasteiger partial charge in [-0.05, 0) is 86.9 Å². The number of aryl methyl sites for hydroxylation is 1. The lowest BCUT2D eigenvalue weighted by Crippen LogP contribution is -2.02. The Kier molecular flexibility index (Phi) is 4.61. The summed E-state index contributed by atoms with van der Waals surface area (Å²) in [5.74, 6) is -0.195. The van der Waals surface area contributed by atoms with Crippen LogP contribution in [0.25, 0.3) is 0 Å². The molecule has 4 heteroatoms. The van der Waals surface area contributed by atoms with Crippen LogP contribution in [0.1, 0.15) is 11.1 Å². The quantitative estimate of drug-likeness (QED) is 0.681. The normalized spacial score (nSPS) is 10.4. The van der Waals surface area contributed by atoms with Gasteiger partial charge in [0.1, 0.15) is 5.82 Å². The molecule has 2 aromatic rings. The zero-order valence-electron chi connectivity index (χ0n) is 9.81. The largest absolute Gasteiger partial charge is 0.380 e. The summed E-state index contributed by atoms with van der Waals surface area (Å²) in [4.78, 5) is 0. The molecule has 1 N–H and O–H groups in total. The third kappa shape index (κ3) is 3.45. The van der Waals surface area contributed by atoms with Gasteiger partial charge in [-0.2, -0.15) is 0 Å². The molecule has 0 atom stereocenters. The molecule has 0 unspecified atom stereocenters. The maximum atomic E-state index is 13.2. The van der Waals surface area contributed by atoms with E-state index >= 15 is 0 Å². The van der Waals surface area contributed by atoms with Crippen LogP contribution >= 0.6 is 38.5 Å². The van der Waals surface area contributed by atoms with E-state index in [0.29, 0.717) is 6.54 Å². The minimum Gasteiger partial charge on any atom is -0.380 e. The van der Waals surface area contributed by atoms with Gasteiger partial charge in [0.15, 0.2) is 0 Å². The van der Waals surface area contributed by atoms with Crippen LogP contribution in [-0.4, -0.2) is 0 Å². The van der Waals surface area contributed by atoms with Crippen molar-refractivity contribution in [2.75, 3.05) is 5.32 Å². The Hall–Kier alpha value is -0.620. The lowest BCUT2D eigenvalue weighted by atomic mass is 10.1. The van der Waals surface area contributed by atoms with E-state index in [1.807, 2.05) is 25.1 Å². The number of anilines is 1. The average Bonchev–Trinajstić information content (AvgIpc) is 2.32. The van der Waals surface area contributed by atoms with Gasteiger partial charge in [-0.3, -0.25) is 0 Å². The average molecular weight is 420 g/mol. The number of hydrogen-bond donors (Lipinski definition) is 1. The van der Waals surface area contributed by atoms with Crippen molar-refractivity contribution in [3.8, 4) is 0 Å². The molecule has 0 aliphatic rings. The molecule has 0 bridgehead atoms. The monoisotopic (exact) mass is 419 g/mol. The van der Waals surface area contributed by atoms with Gasteiger partial charge >= 0.3 is 0 Å². The first-order valence-electron chi connectivity index (χ1n) is 5.50. The topological polar surface area (TPSA) is 12.0 Å². The molecule has 0 aliphatic carbocycles. The molecular formula is C14H12BrFIN. The Morgan fingerprint density at radius 2 is 2.00 bits per heavy atom. The Bertz CT molecular complexity index is 572. The molecule has 0 amide bonds. The van der Waals surface area contributed by atoms with Crippen molar-refractivity contribution in [3.05, 3.63) is 61.4 Å². The van der Waals surface area contributed by atoms with Crippen molar-refractivity contribution in [2.24, 2.45) is 0 Å². The molecule has 1 nitrogen and oxygen atoms in total. The Labute approximate surface area is 128 Å². The van der Waals surface area contributed by atoms with Crippen molar-refractivity contribution in [2.45, 2.75) is 13.5 Å². The van der Waals surface area contributed by atoms with E-state index in [1.165, 1.54) is 9.64 Å². The molecule has 0 spiro atoms. The Morgan fingerprint density at radius 3 is 2.72 bits per heavy atom. The molecule has 0 fully saturated rings. The molecule has 94 valence electrons. The smallest absolute Gasteiger partial charge is 0.123 e. The third-order valence-electron chi connectivity index (χ3n) is 2.71. The molecule has 0 saturated heterocycles. The highest BCUT2D eigenvalue weighted by Crippen LogP contribution is 2.25. The van der Waals surface area contributed by atoms with E-state index < -0.39 is 0 Å². The van der Waals surface area contributed by atoms with Crippen LogP contribution < -0.4 is 5.32 Å². The highest BCUT2D eigenvalue weighted by Gasteiger charge is 2.03. The minimum absolute atomic E-state index is 0.195. The second kappa shape index (κ2) is 6.02. The first-order valence-corrected chi connectivity index (χ1v) is 7.37. The van der Waals surface area contributed by atoms with E-state index in [0.717, 1.165) is 21.3 Å². The van der Waals surface area contributed by atoms with Crippen LogP contribution in [0.4, 0.5) is 10.1 Å². The molecule has 0 heterocycles. The van der Waals surface area contributed by atoms with Crippen LogP contribution in [-0.2, 0) is 6.54 Å². The van der Waals surface area contributed by atoms with Crippen molar-refractivity contribution in [1.29, 1.82) is 0 Å². The lowest BCUT2D eigenvalue weighted by molar-refractivity contribution is 0.625. The van der Waals surface area contributed by atoms with Gasteiger partial charge in [-0.1, -0.05) is 6.07 Å². The number of hydrogen-bond acceptors (Lipinski definition) is 1. The molecule has 0 radical (unpaired) electrons. The van der Waals surface area contributed by atoms with Crippen molar-refractivity contribution in [1.82, 2.24) is 0 Å². The Morgan fingerprint density at radius 1 is 1.22 bits per heavy atom. The minimum atomic E-state index is -0.195.